The number of amides is 1. The van der Waals surface area contributed by atoms with Gasteiger partial charge in [0.2, 0.25) is 0 Å². The molecule has 0 radical (unpaired) electrons. The molecule has 2 rings (SSSR count). The maximum atomic E-state index is 12.2. The summed E-state index contributed by atoms with van der Waals surface area (Å²) in [6.07, 6.45) is 1.50. The largest absolute Gasteiger partial charge is 0.748 e. The van der Waals surface area contributed by atoms with Gasteiger partial charge >= 0.3 is 0 Å². The maximum absolute atomic E-state index is 12.2. The third kappa shape index (κ3) is 4.61. The molecule has 0 saturated carbocycles. The first-order valence-corrected chi connectivity index (χ1v) is 8.98. The van der Waals surface area contributed by atoms with Gasteiger partial charge in [-0.2, -0.15) is 0 Å². The third-order valence-corrected chi connectivity index (χ3v) is 4.94. The highest BCUT2D eigenvalue weighted by molar-refractivity contribution is 8.26. The van der Waals surface area contributed by atoms with E-state index in [0.29, 0.717) is 5.56 Å². The topological polar surface area (TPSA) is 118 Å². The fraction of sp³-hybridized carbons (Fsp3) is 0.154. The van der Waals surface area contributed by atoms with Gasteiger partial charge in [0.25, 0.3) is 5.91 Å². The molecule has 0 unspecified atom stereocenters. The van der Waals surface area contributed by atoms with Crippen molar-refractivity contribution in [2.45, 2.75) is 0 Å². The molecule has 122 valence electrons. The smallest absolute Gasteiger partial charge is 0.266 e. The summed E-state index contributed by atoms with van der Waals surface area (Å²) in [6, 6.07) is 5.68. The van der Waals surface area contributed by atoms with Crippen LogP contribution in [-0.4, -0.2) is 46.4 Å². The first-order chi connectivity index (χ1) is 10.7. The molecule has 0 N–H and O–H groups in total. The molecule has 10 heteroatoms. The van der Waals surface area contributed by atoms with Crippen molar-refractivity contribution >= 4 is 56.4 Å². The Labute approximate surface area is 141 Å². The minimum atomic E-state index is -4.44. The quantitative estimate of drug-likeness (QED) is 0.397. The number of thiocarbonyl (C=S) groups is 1. The standard InChI is InChI=1S/C13H11NO6S3/c15-11-10(7-8-1-3-9(4-2-8)12(16)17)22-13(21)14(11)5-6-23(18,19)20/h1-4,7H,5-6H2,(H,16,17)(H,18,19,20)/p-2/b10-7-. The summed E-state index contributed by atoms with van der Waals surface area (Å²) in [4.78, 5) is 24.1. The van der Waals surface area contributed by atoms with Crippen molar-refractivity contribution in [3.8, 4) is 0 Å². The van der Waals surface area contributed by atoms with E-state index in [0.717, 1.165) is 16.7 Å². The number of carbonyl (C=O) groups is 2. The number of benzene rings is 1. The van der Waals surface area contributed by atoms with Crippen molar-refractivity contribution < 1.29 is 27.7 Å². The molecule has 0 spiro atoms. The maximum Gasteiger partial charge on any atom is 0.266 e. The molecule has 0 atom stereocenters. The van der Waals surface area contributed by atoms with Crippen LogP contribution in [0, 0.1) is 0 Å². The average Bonchev–Trinajstić information content (AvgIpc) is 2.71. The molecule has 0 bridgehead atoms. The van der Waals surface area contributed by atoms with Crippen LogP contribution in [0.1, 0.15) is 15.9 Å². The van der Waals surface area contributed by atoms with Gasteiger partial charge in [0.1, 0.15) is 4.32 Å². The molecule has 1 aromatic carbocycles. The lowest BCUT2D eigenvalue weighted by molar-refractivity contribution is -0.255. The van der Waals surface area contributed by atoms with Crippen LogP contribution >= 0.6 is 24.0 Å². The number of carboxylic acids is 1. The lowest BCUT2D eigenvalue weighted by Crippen LogP contribution is -2.32. The van der Waals surface area contributed by atoms with Crippen molar-refractivity contribution in [1.82, 2.24) is 4.90 Å². The van der Waals surface area contributed by atoms with Crippen molar-refractivity contribution in [3.63, 3.8) is 0 Å². The van der Waals surface area contributed by atoms with E-state index in [1.54, 1.807) is 0 Å². The number of aromatic carboxylic acids is 1. The zero-order valence-electron chi connectivity index (χ0n) is 11.4. The summed E-state index contributed by atoms with van der Waals surface area (Å²) < 4.78 is 32.1. The van der Waals surface area contributed by atoms with Crippen molar-refractivity contribution in [3.05, 3.63) is 40.3 Å². The summed E-state index contributed by atoms with van der Waals surface area (Å²) in [5.74, 6) is -2.51. The highest BCUT2D eigenvalue weighted by atomic mass is 32.2. The fourth-order valence-electron chi connectivity index (χ4n) is 1.76. The lowest BCUT2D eigenvalue weighted by atomic mass is 10.1. The van der Waals surface area contributed by atoms with Gasteiger partial charge in [-0.1, -0.05) is 48.2 Å². The highest BCUT2D eigenvalue weighted by Gasteiger charge is 2.31. The van der Waals surface area contributed by atoms with Crippen molar-refractivity contribution in [2.75, 3.05) is 12.3 Å². The molecule has 1 amide bonds. The van der Waals surface area contributed by atoms with Gasteiger partial charge in [0, 0.05) is 6.54 Å². The average molecular weight is 371 g/mol. The minimum absolute atomic E-state index is 0.00958. The lowest BCUT2D eigenvalue weighted by Gasteiger charge is -2.15. The highest BCUT2D eigenvalue weighted by Crippen LogP contribution is 2.32. The van der Waals surface area contributed by atoms with Gasteiger partial charge in [0.05, 0.1) is 26.7 Å². The van der Waals surface area contributed by atoms with Gasteiger partial charge < -0.3 is 14.5 Å². The molecule has 23 heavy (non-hydrogen) atoms. The second-order valence-corrected chi connectivity index (χ2v) is 7.70. The Kier molecular flexibility index (Phi) is 5.19. The number of rotatable bonds is 5. The van der Waals surface area contributed by atoms with Gasteiger partial charge in [-0.15, -0.1) is 0 Å². The number of hydrogen-bond donors (Lipinski definition) is 0. The molecular formula is C13H9NO6S3-2. The van der Waals surface area contributed by atoms with E-state index in [1.165, 1.54) is 30.3 Å². The van der Waals surface area contributed by atoms with Crippen LogP contribution < -0.4 is 5.11 Å². The number of carboxylic acid groups (broad SMARTS) is 1. The SMILES string of the molecule is O=C([O-])c1ccc(/C=C2\SC(=S)N(CCS(=O)(=O)[O-])C2=O)cc1. The Balaban J connectivity index is 2.16. The third-order valence-electron chi connectivity index (χ3n) is 2.88. The summed E-state index contributed by atoms with van der Waals surface area (Å²) >= 11 is 5.98. The second-order valence-electron chi connectivity index (χ2n) is 4.50. The Morgan fingerprint density at radius 3 is 2.43 bits per heavy atom. The van der Waals surface area contributed by atoms with Crippen LogP contribution in [0.5, 0.6) is 0 Å². The van der Waals surface area contributed by atoms with Crippen LogP contribution in [-0.2, 0) is 14.9 Å². The summed E-state index contributed by atoms with van der Waals surface area (Å²) in [5, 5.41) is 10.7. The van der Waals surface area contributed by atoms with E-state index in [1.807, 2.05) is 0 Å². The predicted molar refractivity (Wildman–Crippen MR) is 85.2 cm³/mol. The molecule has 0 aromatic heterocycles. The first kappa shape index (κ1) is 17.6. The summed E-state index contributed by atoms with van der Waals surface area (Å²) in [5.41, 5.74) is 0.585. The molecular weight excluding hydrogens is 362 g/mol. The monoisotopic (exact) mass is 371 g/mol. The molecule has 0 aliphatic carbocycles. The molecule has 1 saturated heterocycles. The van der Waals surface area contributed by atoms with Crippen molar-refractivity contribution in [2.24, 2.45) is 0 Å². The van der Waals surface area contributed by atoms with Gasteiger partial charge in [0.15, 0.2) is 0 Å². The number of carbonyl (C=O) groups excluding carboxylic acids is 2. The first-order valence-electron chi connectivity index (χ1n) is 6.18. The zero-order chi connectivity index (χ0) is 17.2. The van der Waals surface area contributed by atoms with Crippen LogP contribution in [0.4, 0.5) is 0 Å². The molecule has 1 fully saturated rings. The molecule has 1 aliphatic rings. The van der Waals surface area contributed by atoms with Crippen molar-refractivity contribution in [1.29, 1.82) is 0 Å². The predicted octanol–water partition coefficient (Wildman–Crippen LogP) is -0.204. The molecule has 7 nitrogen and oxygen atoms in total. The molecule has 1 aromatic rings. The van der Waals surface area contributed by atoms with Gasteiger partial charge in [-0.3, -0.25) is 9.69 Å². The Bertz CT molecular complexity index is 798. The molecule has 1 heterocycles. The van der Waals surface area contributed by atoms with E-state index in [2.05, 4.69) is 0 Å². The van der Waals surface area contributed by atoms with Gasteiger partial charge in [-0.25, -0.2) is 8.42 Å². The van der Waals surface area contributed by atoms with Gasteiger partial charge in [-0.05, 0) is 17.2 Å². The Hall–Kier alpha value is -1.75. The number of thioether (sulfide) groups is 1. The van der Waals surface area contributed by atoms with Crippen LogP contribution in [0.25, 0.3) is 6.08 Å². The Morgan fingerprint density at radius 1 is 1.30 bits per heavy atom. The van der Waals surface area contributed by atoms with E-state index in [4.69, 9.17) is 12.2 Å². The number of nitrogens with zero attached hydrogens (tertiary/aromatic N) is 1. The second kappa shape index (κ2) is 6.79. The van der Waals surface area contributed by atoms with E-state index >= 15 is 0 Å². The normalized spacial score (nSPS) is 17.1. The molecule has 1 aliphatic heterocycles. The fourth-order valence-corrected chi connectivity index (χ4v) is 3.48. The summed E-state index contributed by atoms with van der Waals surface area (Å²) in [7, 11) is -4.44. The van der Waals surface area contributed by atoms with E-state index in [-0.39, 0.29) is 21.3 Å². The van der Waals surface area contributed by atoms with Crippen LogP contribution in [0.3, 0.4) is 0 Å². The van der Waals surface area contributed by atoms with Crippen LogP contribution in [0.2, 0.25) is 0 Å². The minimum Gasteiger partial charge on any atom is -0.748 e. The number of hydrogen-bond acceptors (Lipinski definition) is 8. The van der Waals surface area contributed by atoms with Crippen LogP contribution in [0.15, 0.2) is 29.2 Å². The van der Waals surface area contributed by atoms with E-state index < -0.39 is 27.7 Å². The summed E-state index contributed by atoms with van der Waals surface area (Å²) in [6.45, 7) is -0.294. The zero-order valence-corrected chi connectivity index (χ0v) is 13.9. The van der Waals surface area contributed by atoms with E-state index in [9.17, 15) is 27.7 Å². The Morgan fingerprint density at radius 2 is 1.91 bits per heavy atom.